The van der Waals surface area contributed by atoms with Crippen LogP contribution in [0.1, 0.15) is 34.5 Å². The van der Waals surface area contributed by atoms with E-state index in [4.69, 9.17) is 23.2 Å². The van der Waals surface area contributed by atoms with Crippen molar-refractivity contribution in [2.24, 2.45) is 0 Å². The highest BCUT2D eigenvalue weighted by Crippen LogP contribution is 2.39. The minimum absolute atomic E-state index is 0.106. The van der Waals surface area contributed by atoms with Crippen LogP contribution in [-0.4, -0.2) is 16.9 Å². The maximum atomic E-state index is 12.5. The number of amides is 1. The van der Waals surface area contributed by atoms with E-state index in [0.29, 0.717) is 21.0 Å². The molecule has 4 rings (SSSR count). The number of aromatic amines is 1. The van der Waals surface area contributed by atoms with Gasteiger partial charge in [-0.3, -0.25) is 4.79 Å². The molecule has 2 heterocycles. The number of benzene rings is 1. The van der Waals surface area contributed by atoms with Crippen LogP contribution in [-0.2, 0) is 6.42 Å². The van der Waals surface area contributed by atoms with Crippen molar-refractivity contribution < 1.29 is 4.79 Å². The Morgan fingerprint density at radius 2 is 2.13 bits per heavy atom. The van der Waals surface area contributed by atoms with Crippen LogP contribution < -0.4 is 5.32 Å². The highest BCUT2D eigenvalue weighted by atomic mass is 35.5. The monoisotopic (exact) mass is 364 g/mol. The van der Waals surface area contributed by atoms with Gasteiger partial charge >= 0.3 is 0 Å². The molecule has 0 aliphatic heterocycles. The van der Waals surface area contributed by atoms with Crippen LogP contribution in [0.25, 0.3) is 10.2 Å². The Labute approximate surface area is 147 Å². The highest BCUT2D eigenvalue weighted by molar-refractivity contribution is 7.23. The summed E-state index contributed by atoms with van der Waals surface area (Å²) in [5, 5.41) is 3.61. The van der Waals surface area contributed by atoms with E-state index in [9.17, 15) is 4.79 Å². The molecule has 0 saturated heterocycles. The summed E-state index contributed by atoms with van der Waals surface area (Å²) < 4.78 is 1.44. The van der Waals surface area contributed by atoms with E-state index in [1.165, 1.54) is 22.5 Å². The number of nitrogens with one attached hydrogen (secondary N) is 2. The molecule has 1 amide bonds. The fourth-order valence-electron chi connectivity index (χ4n) is 3.26. The highest BCUT2D eigenvalue weighted by Gasteiger charge is 2.30. The Balaban J connectivity index is 1.56. The SMILES string of the molecule is CC1c2ccccc2CC1NC(=O)c1cc2sc(Cl)c(Cl)c2[nH]1. The predicted molar refractivity (Wildman–Crippen MR) is 96.0 cm³/mol. The summed E-state index contributed by atoms with van der Waals surface area (Å²) in [4.78, 5) is 15.6. The molecule has 0 spiro atoms. The summed E-state index contributed by atoms with van der Waals surface area (Å²) in [5.41, 5.74) is 3.88. The summed E-state index contributed by atoms with van der Waals surface area (Å²) in [6, 6.07) is 10.3. The first-order valence-electron chi connectivity index (χ1n) is 7.39. The number of H-pyrrole nitrogens is 1. The fourth-order valence-corrected chi connectivity index (χ4v) is 4.74. The first-order valence-corrected chi connectivity index (χ1v) is 8.97. The van der Waals surface area contributed by atoms with Gasteiger partial charge in [-0.15, -0.1) is 11.3 Å². The molecule has 2 unspecified atom stereocenters. The van der Waals surface area contributed by atoms with E-state index in [2.05, 4.69) is 29.4 Å². The zero-order valence-electron chi connectivity index (χ0n) is 12.3. The number of hydrogen-bond acceptors (Lipinski definition) is 2. The normalized spacial score (nSPS) is 20.0. The minimum Gasteiger partial charge on any atom is -0.349 e. The number of aromatic nitrogens is 1. The second kappa shape index (κ2) is 5.55. The van der Waals surface area contributed by atoms with E-state index in [0.717, 1.165) is 16.6 Å². The third kappa shape index (κ3) is 2.45. The zero-order chi connectivity index (χ0) is 16.1. The Bertz CT molecular complexity index is 915. The fraction of sp³-hybridized carbons (Fsp3) is 0.235. The first-order chi connectivity index (χ1) is 11.0. The number of hydrogen-bond donors (Lipinski definition) is 2. The number of carbonyl (C=O) groups excluding carboxylic acids is 1. The third-order valence-electron chi connectivity index (χ3n) is 4.52. The maximum Gasteiger partial charge on any atom is 0.268 e. The summed E-state index contributed by atoms with van der Waals surface area (Å²) in [6.45, 7) is 2.15. The van der Waals surface area contributed by atoms with Crippen LogP contribution in [0.4, 0.5) is 0 Å². The van der Waals surface area contributed by atoms with Gasteiger partial charge in [-0.1, -0.05) is 54.4 Å². The Morgan fingerprint density at radius 1 is 1.35 bits per heavy atom. The molecule has 1 aromatic carbocycles. The van der Waals surface area contributed by atoms with Gasteiger partial charge in [0.25, 0.3) is 5.91 Å². The number of rotatable bonds is 2. The van der Waals surface area contributed by atoms with Gasteiger partial charge in [-0.2, -0.15) is 0 Å². The molecule has 0 radical (unpaired) electrons. The number of fused-ring (bicyclic) bond motifs is 2. The summed E-state index contributed by atoms with van der Waals surface area (Å²) in [7, 11) is 0. The van der Waals surface area contributed by atoms with E-state index in [-0.39, 0.29) is 11.9 Å². The van der Waals surface area contributed by atoms with Crippen molar-refractivity contribution in [1.29, 1.82) is 0 Å². The summed E-state index contributed by atoms with van der Waals surface area (Å²) >= 11 is 13.5. The molecule has 2 aromatic heterocycles. The Kier molecular flexibility index (Phi) is 3.63. The van der Waals surface area contributed by atoms with Crippen molar-refractivity contribution in [2.45, 2.75) is 25.3 Å². The van der Waals surface area contributed by atoms with Gasteiger partial charge in [-0.05, 0) is 23.6 Å². The van der Waals surface area contributed by atoms with Crippen LogP contribution >= 0.6 is 34.5 Å². The van der Waals surface area contributed by atoms with Crippen molar-refractivity contribution in [2.75, 3.05) is 0 Å². The smallest absolute Gasteiger partial charge is 0.268 e. The molecule has 1 aliphatic rings. The van der Waals surface area contributed by atoms with E-state index in [1.54, 1.807) is 6.07 Å². The van der Waals surface area contributed by atoms with Crippen molar-refractivity contribution in [3.63, 3.8) is 0 Å². The van der Waals surface area contributed by atoms with Gasteiger partial charge in [0.2, 0.25) is 0 Å². The molecule has 118 valence electrons. The topological polar surface area (TPSA) is 44.9 Å². The molecular formula is C17H14Cl2N2OS. The molecule has 2 atom stereocenters. The lowest BCUT2D eigenvalue weighted by Gasteiger charge is -2.17. The van der Waals surface area contributed by atoms with Crippen LogP contribution in [0.2, 0.25) is 9.36 Å². The second-order valence-electron chi connectivity index (χ2n) is 5.88. The second-order valence-corrected chi connectivity index (χ2v) is 7.92. The standard InChI is InChI=1S/C17H14Cl2N2OS/c1-8-10-5-3-2-4-9(10)6-11(8)21-17(22)12-7-13-15(20-12)14(18)16(19)23-13/h2-5,7-8,11,20H,6H2,1H3,(H,21,22). The third-order valence-corrected chi connectivity index (χ3v) is 6.46. The van der Waals surface area contributed by atoms with Crippen LogP contribution in [0.15, 0.2) is 30.3 Å². The van der Waals surface area contributed by atoms with Gasteiger partial charge in [0.1, 0.15) is 10.0 Å². The molecule has 0 fully saturated rings. The molecule has 3 aromatic rings. The zero-order valence-corrected chi connectivity index (χ0v) is 14.6. The predicted octanol–water partition coefficient (Wildman–Crippen LogP) is 4.99. The molecule has 2 N–H and O–H groups in total. The maximum absolute atomic E-state index is 12.5. The first kappa shape index (κ1) is 15.1. The quantitative estimate of drug-likeness (QED) is 0.660. The lowest BCUT2D eigenvalue weighted by molar-refractivity contribution is 0.0930. The minimum atomic E-state index is -0.106. The van der Waals surface area contributed by atoms with E-state index in [1.807, 2.05) is 12.1 Å². The number of carbonyl (C=O) groups is 1. The largest absolute Gasteiger partial charge is 0.349 e. The van der Waals surface area contributed by atoms with Crippen molar-refractivity contribution in [3.05, 3.63) is 56.5 Å². The molecule has 0 saturated carbocycles. The van der Waals surface area contributed by atoms with Crippen molar-refractivity contribution >= 4 is 50.7 Å². The van der Waals surface area contributed by atoms with E-state index < -0.39 is 0 Å². The van der Waals surface area contributed by atoms with Gasteiger partial charge in [0, 0.05) is 12.0 Å². The van der Waals surface area contributed by atoms with Crippen molar-refractivity contribution in [3.8, 4) is 0 Å². The van der Waals surface area contributed by atoms with Crippen LogP contribution in [0, 0.1) is 0 Å². The lowest BCUT2D eigenvalue weighted by Crippen LogP contribution is -2.37. The van der Waals surface area contributed by atoms with Gasteiger partial charge in [0.15, 0.2) is 0 Å². The van der Waals surface area contributed by atoms with Gasteiger partial charge in [0.05, 0.1) is 15.2 Å². The molecule has 23 heavy (non-hydrogen) atoms. The molecule has 3 nitrogen and oxygen atoms in total. The average molecular weight is 365 g/mol. The van der Waals surface area contributed by atoms with Crippen LogP contribution in [0.3, 0.4) is 0 Å². The summed E-state index contributed by atoms with van der Waals surface area (Å²) in [6.07, 6.45) is 0.866. The van der Waals surface area contributed by atoms with Gasteiger partial charge in [-0.25, -0.2) is 0 Å². The Hall–Kier alpha value is -1.49. The number of thiophene rings is 1. The van der Waals surface area contributed by atoms with Gasteiger partial charge < -0.3 is 10.3 Å². The Morgan fingerprint density at radius 3 is 2.87 bits per heavy atom. The molecule has 1 aliphatic carbocycles. The van der Waals surface area contributed by atoms with E-state index >= 15 is 0 Å². The van der Waals surface area contributed by atoms with Crippen molar-refractivity contribution in [1.82, 2.24) is 10.3 Å². The number of halogens is 2. The molecular weight excluding hydrogens is 351 g/mol. The molecule has 0 bridgehead atoms. The van der Waals surface area contributed by atoms with Crippen LogP contribution in [0.5, 0.6) is 0 Å². The average Bonchev–Trinajstić information content (AvgIpc) is 3.16. The lowest BCUT2D eigenvalue weighted by atomic mass is 10.0. The molecule has 6 heteroatoms. The summed E-state index contributed by atoms with van der Waals surface area (Å²) in [5.74, 6) is 0.203.